The van der Waals surface area contributed by atoms with E-state index in [0.717, 1.165) is 11.1 Å². The van der Waals surface area contributed by atoms with Gasteiger partial charge in [-0.15, -0.1) is 0 Å². The van der Waals surface area contributed by atoms with Gasteiger partial charge in [0, 0.05) is 36.6 Å². The molecule has 2 aromatic carbocycles. The lowest BCUT2D eigenvalue weighted by Crippen LogP contribution is -2.21. The van der Waals surface area contributed by atoms with Gasteiger partial charge in [-0.2, -0.15) is 0 Å². The summed E-state index contributed by atoms with van der Waals surface area (Å²) in [6.45, 7) is 0. The van der Waals surface area contributed by atoms with Crippen molar-refractivity contribution in [3.63, 3.8) is 0 Å². The highest BCUT2D eigenvalue weighted by Crippen LogP contribution is 2.15. The smallest absolute Gasteiger partial charge is 0.274 e. The van der Waals surface area contributed by atoms with Gasteiger partial charge >= 0.3 is 0 Å². The molecular formula is C22H20ClN3O2. The van der Waals surface area contributed by atoms with Gasteiger partial charge < -0.3 is 10.2 Å². The summed E-state index contributed by atoms with van der Waals surface area (Å²) < 4.78 is 0. The Morgan fingerprint density at radius 2 is 1.75 bits per heavy atom. The molecule has 28 heavy (non-hydrogen) atoms. The zero-order chi connectivity index (χ0) is 20.1. The van der Waals surface area contributed by atoms with E-state index in [1.165, 1.54) is 4.90 Å². The van der Waals surface area contributed by atoms with Crippen molar-refractivity contribution >= 4 is 29.1 Å². The number of nitrogens with one attached hydrogen (secondary N) is 1. The number of hydrogen-bond donors (Lipinski definition) is 1. The van der Waals surface area contributed by atoms with Crippen LogP contribution < -0.4 is 5.32 Å². The molecule has 1 N–H and O–H groups in total. The molecule has 0 fully saturated rings. The van der Waals surface area contributed by atoms with E-state index >= 15 is 0 Å². The number of pyridine rings is 1. The Morgan fingerprint density at radius 1 is 1.00 bits per heavy atom. The lowest BCUT2D eigenvalue weighted by molar-refractivity contribution is 0.0827. The van der Waals surface area contributed by atoms with E-state index in [1.54, 1.807) is 50.6 Å². The Morgan fingerprint density at radius 3 is 2.36 bits per heavy atom. The van der Waals surface area contributed by atoms with E-state index in [0.29, 0.717) is 28.4 Å². The number of halogens is 1. The largest absolute Gasteiger partial charge is 0.345 e. The van der Waals surface area contributed by atoms with Crippen LogP contribution in [0.2, 0.25) is 5.02 Å². The molecule has 0 spiro atoms. The molecule has 3 aromatic rings. The van der Waals surface area contributed by atoms with Gasteiger partial charge in [-0.3, -0.25) is 14.6 Å². The van der Waals surface area contributed by atoms with Crippen molar-refractivity contribution < 1.29 is 9.59 Å². The van der Waals surface area contributed by atoms with Crippen LogP contribution >= 0.6 is 11.6 Å². The van der Waals surface area contributed by atoms with Crippen LogP contribution in [0.15, 0.2) is 66.9 Å². The number of rotatable bonds is 5. The molecule has 0 saturated heterocycles. The van der Waals surface area contributed by atoms with Crippen LogP contribution in [0.3, 0.4) is 0 Å². The lowest BCUT2D eigenvalue weighted by Gasteiger charge is -2.11. The first-order chi connectivity index (χ1) is 13.4. The number of carbonyl (C=O) groups excluding carboxylic acids is 2. The van der Waals surface area contributed by atoms with E-state index in [-0.39, 0.29) is 11.8 Å². The maximum atomic E-state index is 12.4. The summed E-state index contributed by atoms with van der Waals surface area (Å²) >= 11 is 6.01. The van der Waals surface area contributed by atoms with Gasteiger partial charge in [-0.25, -0.2) is 0 Å². The number of anilines is 1. The molecule has 0 saturated carbocycles. The van der Waals surface area contributed by atoms with Crippen LogP contribution in [-0.2, 0) is 6.42 Å². The number of nitrogens with zero attached hydrogens (tertiary/aromatic N) is 2. The van der Waals surface area contributed by atoms with Gasteiger partial charge in [0.1, 0.15) is 5.69 Å². The third-order valence-electron chi connectivity index (χ3n) is 4.15. The van der Waals surface area contributed by atoms with Crippen molar-refractivity contribution in [2.45, 2.75) is 6.42 Å². The summed E-state index contributed by atoms with van der Waals surface area (Å²) in [5.74, 6) is -0.393. The van der Waals surface area contributed by atoms with E-state index in [4.69, 9.17) is 11.6 Å². The SMILES string of the molecule is CN(C)C(=O)c1ccc(NC(=O)c2ccc(Cc3cccc(Cl)c3)cn2)cc1. The van der Waals surface area contributed by atoms with Crippen LogP contribution in [0.25, 0.3) is 0 Å². The van der Waals surface area contributed by atoms with Crippen molar-refractivity contribution in [3.05, 3.63) is 94.3 Å². The molecule has 5 nitrogen and oxygen atoms in total. The summed E-state index contributed by atoms with van der Waals surface area (Å²) in [5.41, 5.74) is 3.56. The highest BCUT2D eigenvalue weighted by Gasteiger charge is 2.10. The summed E-state index contributed by atoms with van der Waals surface area (Å²) in [7, 11) is 3.39. The second-order valence-electron chi connectivity index (χ2n) is 6.59. The van der Waals surface area contributed by atoms with Crippen LogP contribution in [0, 0.1) is 0 Å². The summed E-state index contributed by atoms with van der Waals surface area (Å²) in [6.07, 6.45) is 2.38. The molecule has 0 atom stereocenters. The van der Waals surface area contributed by atoms with Gasteiger partial charge in [0.15, 0.2) is 0 Å². The third kappa shape index (κ3) is 4.96. The first kappa shape index (κ1) is 19.6. The molecule has 0 aliphatic carbocycles. The van der Waals surface area contributed by atoms with E-state index in [1.807, 2.05) is 30.3 Å². The molecular weight excluding hydrogens is 374 g/mol. The molecule has 6 heteroatoms. The zero-order valence-corrected chi connectivity index (χ0v) is 16.4. The fourth-order valence-corrected chi connectivity index (χ4v) is 2.91. The molecule has 0 bridgehead atoms. The molecule has 142 valence electrons. The second-order valence-corrected chi connectivity index (χ2v) is 7.03. The van der Waals surface area contributed by atoms with Crippen molar-refractivity contribution in [1.82, 2.24) is 9.88 Å². The normalized spacial score (nSPS) is 10.4. The molecule has 1 aromatic heterocycles. The number of benzene rings is 2. The summed E-state index contributed by atoms with van der Waals surface area (Å²) in [6, 6.07) is 18.0. The van der Waals surface area contributed by atoms with E-state index < -0.39 is 0 Å². The molecule has 0 aliphatic rings. The Hall–Kier alpha value is -3.18. The van der Waals surface area contributed by atoms with Crippen molar-refractivity contribution in [1.29, 1.82) is 0 Å². The summed E-state index contributed by atoms with van der Waals surface area (Å²) in [5, 5.41) is 3.48. The molecule has 0 radical (unpaired) electrons. The van der Waals surface area contributed by atoms with Crippen molar-refractivity contribution in [2.75, 3.05) is 19.4 Å². The number of carbonyl (C=O) groups is 2. The number of amides is 2. The molecule has 0 aliphatic heterocycles. The first-order valence-corrected chi connectivity index (χ1v) is 9.12. The maximum Gasteiger partial charge on any atom is 0.274 e. The summed E-state index contributed by atoms with van der Waals surface area (Å²) in [4.78, 5) is 30.1. The fourth-order valence-electron chi connectivity index (χ4n) is 2.70. The average molecular weight is 394 g/mol. The Kier molecular flexibility index (Phi) is 6.06. The first-order valence-electron chi connectivity index (χ1n) is 8.75. The van der Waals surface area contributed by atoms with Crippen LogP contribution in [0.1, 0.15) is 32.0 Å². The van der Waals surface area contributed by atoms with Crippen LogP contribution in [-0.4, -0.2) is 35.8 Å². The predicted molar refractivity (Wildman–Crippen MR) is 111 cm³/mol. The second kappa shape index (κ2) is 8.67. The van der Waals surface area contributed by atoms with Gasteiger partial charge in [0.2, 0.25) is 0 Å². The van der Waals surface area contributed by atoms with E-state index in [2.05, 4.69) is 10.3 Å². The minimum Gasteiger partial charge on any atom is -0.345 e. The Labute approximate surface area is 169 Å². The van der Waals surface area contributed by atoms with Crippen molar-refractivity contribution in [3.8, 4) is 0 Å². The van der Waals surface area contributed by atoms with Crippen LogP contribution in [0.5, 0.6) is 0 Å². The zero-order valence-electron chi connectivity index (χ0n) is 15.6. The standard InChI is InChI=1S/C22H20ClN3O2/c1-26(2)22(28)17-7-9-19(10-8-17)25-21(27)20-11-6-16(14-24-20)12-15-4-3-5-18(23)13-15/h3-11,13-14H,12H2,1-2H3,(H,25,27). The Balaban J connectivity index is 1.64. The quantitative estimate of drug-likeness (QED) is 0.703. The molecule has 0 unspecified atom stereocenters. The molecule has 1 heterocycles. The third-order valence-corrected chi connectivity index (χ3v) is 4.39. The highest BCUT2D eigenvalue weighted by atomic mass is 35.5. The number of aromatic nitrogens is 1. The van der Waals surface area contributed by atoms with Crippen LogP contribution in [0.4, 0.5) is 5.69 Å². The van der Waals surface area contributed by atoms with E-state index in [9.17, 15) is 9.59 Å². The van der Waals surface area contributed by atoms with Crippen molar-refractivity contribution in [2.24, 2.45) is 0 Å². The topological polar surface area (TPSA) is 62.3 Å². The van der Waals surface area contributed by atoms with Gasteiger partial charge in [-0.05, 0) is 60.0 Å². The average Bonchev–Trinajstić information content (AvgIpc) is 2.68. The fraction of sp³-hybridized carbons (Fsp3) is 0.136. The minimum atomic E-state index is -0.305. The predicted octanol–water partition coefficient (Wildman–Crippen LogP) is 4.28. The minimum absolute atomic E-state index is 0.0881. The maximum absolute atomic E-state index is 12.4. The molecule has 2 amide bonds. The molecule has 3 rings (SSSR count). The highest BCUT2D eigenvalue weighted by molar-refractivity contribution is 6.30. The van der Waals surface area contributed by atoms with Gasteiger partial charge in [-0.1, -0.05) is 29.8 Å². The van der Waals surface area contributed by atoms with Gasteiger partial charge in [0.25, 0.3) is 11.8 Å². The lowest BCUT2D eigenvalue weighted by atomic mass is 10.1. The van der Waals surface area contributed by atoms with Gasteiger partial charge in [0.05, 0.1) is 0 Å². The monoisotopic (exact) mass is 393 g/mol. The number of hydrogen-bond acceptors (Lipinski definition) is 3. The Bertz CT molecular complexity index is 983.